The lowest BCUT2D eigenvalue weighted by atomic mass is 9.83. The highest BCUT2D eigenvalue weighted by Gasteiger charge is 2.21. The molecule has 0 spiro atoms. The summed E-state index contributed by atoms with van der Waals surface area (Å²) in [6.45, 7) is 0. The molecular formula is C50H32O. The number of benzene rings is 9. The van der Waals surface area contributed by atoms with Gasteiger partial charge in [-0.2, -0.15) is 0 Å². The molecule has 0 atom stereocenters. The molecule has 1 heteroatoms. The number of furan rings is 1. The van der Waals surface area contributed by atoms with E-state index in [0.717, 1.165) is 33.0 Å². The number of hydrogen-bond donors (Lipinski definition) is 0. The highest BCUT2D eigenvalue weighted by Crippen LogP contribution is 2.48. The lowest BCUT2D eigenvalue weighted by Crippen LogP contribution is -1.93. The van der Waals surface area contributed by atoms with E-state index in [-0.39, 0.29) is 51.2 Å². The summed E-state index contributed by atoms with van der Waals surface area (Å²) in [5, 5.41) is 2.67. The van der Waals surface area contributed by atoms with E-state index in [4.69, 9.17) is 20.9 Å². The first-order valence-corrected chi connectivity index (χ1v) is 16.2. The summed E-state index contributed by atoms with van der Waals surface area (Å²) < 4.78 is 145. The van der Waals surface area contributed by atoms with E-state index < -0.39 is 89.7 Å². The van der Waals surface area contributed by atoms with Crippen molar-refractivity contribution >= 4 is 43.5 Å². The predicted octanol–water partition coefficient (Wildman–Crippen LogP) is 14.2. The van der Waals surface area contributed by atoms with Gasteiger partial charge in [-0.25, -0.2) is 0 Å². The quantitative estimate of drug-likeness (QED) is 0.167. The molecule has 0 saturated heterocycles. The molecule has 0 N–H and O–H groups in total. The summed E-state index contributed by atoms with van der Waals surface area (Å²) in [7, 11) is 0. The van der Waals surface area contributed by atoms with Crippen LogP contribution < -0.4 is 0 Å². The number of hydrogen-bond acceptors (Lipinski definition) is 1. The molecule has 0 bridgehead atoms. The Labute approximate surface area is 319 Å². The summed E-state index contributed by atoms with van der Waals surface area (Å²) in [4.78, 5) is 0. The van der Waals surface area contributed by atoms with E-state index in [0.29, 0.717) is 21.9 Å². The highest BCUT2D eigenvalue weighted by molar-refractivity contribution is 6.26. The van der Waals surface area contributed by atoms with Crippen molar-refractivity contribution in [3.05, 3.63) is 194 Å². The van der Waals surface area contributed by atoms with Gasteiger partial charge in [0.1, 0.15) is 11.2 Å². The monoisotopic (exact) mass is 664 g/mol. The molecule has 1 heterocycles. The van der Waals surface area contributed by atoms with E-state index >= 15 is 0 Å². The SMILES string of the molecule is [2H]c1c([2H])c([2H])c(-c2ccc(-c3ccccc3-c3c4ccccc4c(-c4c([2H])c([2H])c([2H])c5oc6c([2H])c(-c7c([2H])c([2H])c([2H])c([2H])c7[2H])c([2H])c([2H])c6c45)c4ccccc34)cc2)c([2H])c1[2H]. The molecule has 51 heavy (non-hydrogen) atoms. The van der Waals surface area contributed by atoms with Crippen LogP contribution in [0.3, 0.4) is 0 Å². The molecule has 0 unspecified atom stereocenters. The fourth-order valence-corrected chi connectivity index (χ4v) is 6.99. The first-order chi connectivity index (χ1) is 32.0. The maximum atomic E-state index is 9.54. The molecule has 10 aromatic rings. The van der Waals surface area contributed by atoms with Crippen LogP contribution in [-0.2, 0) is 0 Å². The fraction of sp³-hybridized carbons (Fsp3) is 0. The van der Waals surface area contributed by atoms with Crippen molar-refractivity contribution in [2.75, 3.05) is 0 Å². The van der Waals surface area contributed by atoms with Gasteiger partial charge in [0.05, 0.1) is 21.9 Å². The van der Waals surface area contributed by atoms with Gasteiger partial charge in [0.2, 0.25) is 0 Å². The van der Waals surface area contributed by atoms with E-state index in [1.165, 1.54) is 0 Å². The molecule has 238 valence electrons. The smallest absolute Gasteiger partial charge is 0.136 e. The van der Waals surface area contributed by atoms with Gasteiger partial charge in [-0.05, 0) is 95.3 Å². The molecule has 0 saturated carbocycles. The van der Waals surface area contributed by atoms with Crippen molar-refractivity contribution in [1.29, 1.82) is 0 Å². The number of fused-ring (bicyclic) bond motifs is 5. The maximum absolute atomic E-state index is 9.54. The second kappa shape index (κ2) is 12.0. The standard InChI is InChI=1S/C50H32O/c1-3-14-33(15-4-1)35-26-28-36(29-27-35)38-18-7-8-19-39(38)48-40-20-9-11-22-42(40)49(43-23-12-10-21-41(43)48)45-24-13-25-46-50(45)44-31-30-37(32-47(44)51-46)34-16-5-2-6-17-34/h1-32H/i1D,2D,3D,4D,5D,6D,13D,14D,15D,16D,17D,24D,25D,30D,31D,32D. The normalized spacial score (nSPS) is 15.9. The number of rotatable bonds is 5. The molecular weight excluding hydrogens is 617 g/mol. The Hall–Kier alpha value is -6.70. The topological polar surface area (TPSA) is 13.1 Å². The average molecular weight is 665 g/mol. The molecule has 0 aliphatic carbocycles. The fourth-order valence-electron chi connectivity index (χ4n) is 6.99. The van der Waals surface area contributed by atoms with Crippen molar-refractivity contribution in [2.45, 2.75) is 0 Å². The van der Waals surface area contributed by atoms with Crippen LogP contribution in [-0.4, -0.2) is 0 Å². The molecule has 1 nitrogen and oxygen atoms in total. The third-order valence-corrected chi connectivity index (χ3v) is 9.19. The lowest BCUT2D eigenvalue weighted by molar-refractivity contribution is 0.669. The van der Waals surface area contributed by atoms with Crippen LogP contribution in [0, 0.1) is 0 Å². The Kier molecular flexibility index (Phi) is 4.07. The average Bonchev–Trinajstić information content (AvgIpc) is 3.74. The van der Waals surface area contributed by atoms with Gasteiger partial charge in [-0.15, -0.1) is 0 Å². The molecule has 0 fully saturated rings. The third kappa shape index (κ3) is 4.86. The molecule has 9 aromatic carbocycles. The Balaban J connectivity index is 1.25. The minimum Gasteiger partial charge on any atom is -0.456 e. The largest absolute Gasteiger partial charge is 0.456 e. The Morgan fingerprint density at radius 3 is 1.49 bits per heavy atom. The minimum absolute atomic E-state index is 0.0447. The van der Waals surface area contributed by atoms with Crippen molar-refractivity contribution < 1.29 is 26.3 Å². The summed E-state index contributed by atoms with van der Waals surface area (Å²) in [6, 6.07) is 21.5. The zero-order valence-electron chi connectivity index (χ0n) is 42.6. The summed E-state index contributed by atoms with van der Waals surface area (Å²) in [5.41, 5.74) is 2.93. The van der Waals surface area contributed by atoms with Gasteiger partial charge in [-0.1, -0.05) is 176 Å². The van der Waals surface area contributed by atoms with Crippen molar-refractivity contribution in [1.82, 2.24) is 0 Å². The van der Waals surface area contributed by atoms with Crippen LogP contribution >= 0.6 is 0 Å². The maximum Gasteiger partial charge on any atom is 0.136 e. The van der Waals surface area contributed by atoms with Gasteiger partial charge >= 0.3 is 0 Å². The molecule has 0 amide bonds. The summed E-state index contributed by atoms with van der Waals surface area (Å²) in [6.07, 6.45) is 0. The van der Waals surface area contributed by atoms with Gasteiger partial charge < -0.3 is 4.42 Å². The lowest BCUT2D eigenvalue weighted by Gasteiger charge is -2.20. The van der Waals surface area contributed by atoms with Gasteiger partial charge in [0.15, 0.2) is 0 Å². The van der Waals surface area contributed by atoms with Crippen LogP contribution in [0.15, 0.2) is 198 Å². The summed E-state index contributed by atoms with van der Waals surface area (Å²) >= 11 is 0. The van der Waals surface area contributed by atoms with Crippen molar-refractivity contribution in [3.63, 3.8) is 0 Å². The zero-order valence-corrected chi connectivity index (χ0v) is 26.6. The second-order valence-corrected chi connectivity index (χ2v) is 12.0. The van der Waals surface area contributed by atoms with Gasteiger partial charge in [0, 0.05) is 10.8 Å². The Bertz CT molecular complexity index is 3710. The van der Waals surface area contributed by atoms with Crippen LogP contribution in [0.4, 0.5) is 0 Å². The Morgan fingerprint density at radius 2 is 0.863 bits per heavy atom. The van der Waals surface area contributed by atoms with Gasteiger partial charge in [0.25, 0.3) is 0 Å². The highest BCUT2D eigenvalue weighted by atomic mass is 16.3. The molecule has 1 aromatic heterocycles. The van der Waals surface area contributed by atoms with E-state index in [9.17, 15) is 5.48 Å². The van der Waals surface area contributed by atoms with Crippen LogP contribution in [0.25, 0.3) is 99.1 Å². The molecule has 0 aliphatic heterocycles. The van der Waals surface area contributed by atoms with E-state index in [2.05, 4.69) is 0 Å². The minimum atomic E-state index is -0.686. The first-order valence-electron chi connectivity index (χ1n) is 24.2. The van der Waals surface area contributed by atoms with E-state index in [1.807, 2.05) is 84.9 Å². The molecule has 0 aliphatic rings. The third-order valence-electron chi connectivity index (χ3n) is 9.19. The Morgan fingerprint density at radius 1 is 0.333 bits per heavy atom. The molecule has 0 radical (unpaired) electrons. The summed E-state index contributed by atoms with van der Waals surface area (Å²) in [5.74, 6) is 0. The van der Waals surface area contributed by atoms with E-state index in [1.54, 1.807) is 12.1 Å². The molecule has 10 rings (SSSR count). The van der Waals surface area contributed by atoms with Crippen LogP contribution in [0.5, 0.6) is 0 Å². The van der Waals surface area contributed by atoms with Crippen LogP contribution in [0.1, 0.15) is 21.9 Å². The second-order valence-electron chi connectivity index (χ2n) is 12.0. The van der Waals surface area contributed by atoms with Crippen molar-refractivity contribution in [3.8, 4) is 55.6 Å². The van der Waals surface area contributed by atoms with Crippen LogP contribution in [0.2, 0.25) is 0 Å². The predicted molar refractivity (Wildman–Crippen MR) is 216 cm³/mol. The van der Waals surface area contributed by atoms with Crippen molar-refractivity contribution in [2.24, 2.45) is 0 Å². The van der Waals surface area contributed by atoms with Gasteiger partial charge in [-0.3, -0.25) is 0 Å². The first kappa shape index (κ1) is 17.3. The zero-order chi connectivity index (χ0) is 47.7.